The molecule has 1 rings (SSSR count). The maximum atomic E-state index is 14.7. The van der Waals surface area contributed by atoms with Crippen LogP contribution in [0.2, 0.25) is 0 Å². The second kappa shape index (κ2) is 45.1. The minimum atomic E-state index is -3.87. The summed E-state index contributed by atoms with van der Waals surface area (Å²) in [4.78, 5) is 26.3. The molecule has 0 N–H and O–H groups in total. The molecule has 7 nitrogen and oxygen atoms in total. The molecule has 0 aromatic heterocycles. The molecule has 0 unspecified atom stereocenters. The first-order valence-corrected chi connectivity index (χ1v) is 29.3. The van der Waals surface area contributed by atoms with Crippen LogP contribution in [0.15, 0.2) is 18.2 Å². The van der Waals surface area contributed by atoms with E-state index in [0.717, 1.165) is 64.2 Å². The van der Waals surface area contributed by atoms with Crippen molar-refractivity contribution in [3.63, 3.8) is 0 Å². The third-order valence-electron chi connectivity index (χ3n) is 12.7. The summed E-state index contributed by atoms with van der Waals surface area (Å²) in [5.41, 5.74) is 0.314. The highest BCUT2D eigenvalue weighted by Crippen LogP contribution is 2.48. The molecule has 0 amide bonds. The van der Waals surface area contributed by atoms with Crippen molar-refractivity contribution in [2.45, 2.75) is 285 Å². The molecule has 64 heavy (non-hydrogen) atoms. The SMILES string of the molecule is CCCCCCCCCCCCCCCCCCCCOP(=O)(OCCCCCCCCCCCCCCCCCCCC)c1cc(C(=O)OCCCC)cc(C(=O)OCCCC)c1. The van der Waals surface area contributed by atoms with E-state index in [1.54, 1.807) is 0 Å². The average molecular weight is 919 g/mol. The van der Waals surface area contributed by atoms with Crippen molar-refractivity contribution in [3.05, 3.63) is 29.3 Å². The van der Waals surface area contributed by atoms with E-state index < -0.39 is 19.5 Å². The lowest BCUT2D eigenvalue weighted by Gasteiger charge is -2.20. The molecule has 374 valence electrons. The smallest absolute Gasteiger partial charge is 0.361 e. The summed E-state index contributed by atoms with van der Waals surface area (Å²) in [6.45, 7) is 9.76. The van der Waals surface area contributed by atoms with Gasteiger partial charge < -0.3 is 18.5 Å². The van der Waals surface area contributed by atoms with Crippen molar-refractivity contribution in [1.29, 1.82) is 0 Å². The first-order chi connectivity index (χ1) is 31.4. The fourth-order valence-corrected chi connectivity index (χ4v) is 10.1. The summed E-state index contributed by atoms with van der Waals surface area (Å²) in [5, 5.41) is 0.213. The van der Waals surface area contributed by atoms with Crippen LogP contribution in [0.25, 0.3) is 0 Å². The molecule has 0 spiro atoms. The van der Waals surface area contributed by atoms with Gasteiger partial charge in [-0.25, -0.2) is 9.59 Å². The Morgan fingerprint density at radius 3 is 0.812 bits per heavy atom. The number of unbranched alkanes of at least 4 members (excludes halogenated alkanes) is 36. The number of esters is 2. The second-order valence-electron chi connectivity index (χ2n) is 18.9. The fourth-order valence-electron chi connectivity index (χ4n) is 8.35. The Bertz CT molecular complexity index is 1170. The highest BCUT2D eigenvalue weighted by molar-refractivity contribution is 7.62. The molecule has 1 aromatic rings. The van der Waals surface area contributed by atoms with Gasteiger partial charge in [-0.1, -0.05) is 259 Å². The van der Waals surface area contributed by atoms with Gasteiger partial charge in [0.1, 0.15) is 0 Å². The molecule has 0 aliphatic carbocycles. The molecule has 0 heterocycles. The Morgan fingerprint density at radius 1 is 0.328 bits per heavy atom. The number of rotatable bonds is 49. The lowest BCUT2D eigenvalue weighted by atomic mass is 10.0. The molecule has 1 aromatic carbocycles. The van der Waals surface area contributed by atoms with Crippen LogP contribution in [0.4, 0.5) is 0 Å². The minimum absolute atomic E-state index is 0.157. The number of carbonyl (C=O) groups is 2. The summed E-state index contributed by atoms with van der Waals surface area (Å²) >= 11 is 0. The van der Waals surface area contributed by atoms with Crippen molar-refractivity contribution >= 4 is 24.8 Å². The van der Waals surface area contributed by atoms with Gasteiger partial charge in [-0.05, 0) is 43.9 Å². The van der Waals surface area contributed by atoms with E-state index in [0.29, 0.717) is 0 Å². The molecule has 0 aliphatic rings. The zero-order valence-corrected chi connectivity index (χ0v) is 43.5. The van der Waals surface area contributed by atoms with E-state index >= 15 is 0 Å². The highest BCUT2D eigenvalue weighted by Gasteiger charge is 2.31. The molecule has 0 aliphatic heterocycles. The fraction of sp³-hybridized carbons (Fsp3) is 0.857. The van der Waals surface area contributed by atoms with Gasteiger partial charge in [0.25, 0.3) is 0 Å². The Balaban J connectivity index is 2.59. The van der Waals surface area contributed by atoms with Gasteiger partial charge in [-0.2, -0.15) is 0 Å². The molecule has 0 atom stereocenters. The van der Waals surface area contributed by atoms with Crippen molar-refractivity contribution in [2.75, 3.05) is 26.4 Å². The predicted octanol–water partition coefficient (Wildman–Crippen LogP) is 18.5. The molecular formula is C56H103O7P. The first-order valence-electron chi connectivity index (χ1n) is 27.8. The van der Waals surface area contributed by atoms with Gasteiger partial charge in [0.05, 0.1) is 42.9 Å². The summed E-state index contributed by atoms with van der Waals surface area (Å²) in [6.07, 6.45) is 49.9. The van der Waals surface area contributed by atoms with Crippen LogP contribution in [0.3, 0.4) is 0 Å². The van der Waals surface area contributed by atoms with Gasteiger partial charge in [0, 0.05) is 0 Å². The largest absolute Gasteiger partial charge is 0.462 e. The third kappa shape index (κ3) is 34.6. The highest BCUT2D eigenvalue weighted by atomic mass is 31.2. The van der Waals surface area contributed by atoms with Crippen molar-refractivity contribution < 1.29 is 32.7 Å². The topological polar surface area (TPSA) is 88.1 Å². The quantitative estimate of drug-likeness (QED) is 0.0365. The number of benzene rings is 1. The minimum Gasteiger partial charge on any atom is -0.462 e. The summed E-state index contributed by atoms with van der Waals surface area (Å²) in [6, 6.07) is 4.54. The maximum Gasteiger partial charge on any atom is 0.361 e. The van der Waals surface area contributed by atoms with Crippen LogP contribution < -0.4 is 5.30 Å². The standard InChI is InChI=1S/C56H103O7P/c1-5-9-13-15-17-19-21-23-25-27-29-31-33-35-37-39-41-43-47-62-64(59,54-50-52(55(57)60-45-11-7-3)49-53(51-54)56(58)61-46-12-8-4)63-48-44-42-40-38-36-34-32-30-28-26-24-22-20-18-16-14-10-6-2/h49-51H,5-48H2,1-4H3. The Labute approximate surface area is 396 Å². The van der Waals surface area contributed by atoms with Crippen LogP contribution in [0.5, 0.6) is 0 Å². The van der Waals surface area contributed by atoms with Gasteiger partial charge in [-0.15, -0.1) is 0 Å². The normalized spacial score (nSPS) is 11.7. The monoisotopic (exact) mass is 919 g/mol. The number of hydrogen-bond donors (Lipinski definition) is 0. The molecule has 0 fully saturated rings. The molecule has 0 saturated carbocycles. The number of hydrogen-bond acceptors (Lipinski definition) is 7. The van der Waals surface area contributed by atoms with Crippen LogP contribution in [-0.2, 0) is 23.1 Å². The Morgan fingerprint density at radius 2 is 0.562 bits per heavy atom. The molecule has 8 heteroatoms. The Hall–Kier alpha value is -1.69. The van der Waals surface area contributed by atoms with Crippen LogP contribution in [0.1, 0.15) is 305 Å². The summed E-state index contributed by atoms with van der Waals surface area (Å²) < 4.78 is 38.1. The van der Waals surface area contributed by atoms with Gasteiger partial charge in [0.2, 0.25) is 0 Å². The zero-order valence-electron chi connectivity index (χ0n) is 42.6. The van der Waals surface area contributed by atoms with Gasteiger partial charge in [0.15, 0.2) is 0 Å². The van der Waals surface area contributed by atoms with Crippen molar-refractivity contribution in [1.82, 2.24) is 0 Å². The van der Waals surface area contributed by atoms with Crippen LogP contribution >= 0.6 is 7.60 Å². The van der Waals surface area contributed by atoms with E-state index in [-0.39, 0.29) is 42.9 Å². The molecule has 0 bridgehead atoms. The summed E-state index contributed by atoms with van der Waals surface area (Å²) in [7, 11) is -3.87. The van der Waals surface area contributed by atoms with Crippen LogP contribution in [0, 0.1) is 0 Å². The predicted molar refractivity (Wildman–Crippen MR) is 274 cm³/mol. The van der Waals surface area contributed by atoms with Crippen molar-refractivity contribution in [3.8, 4) is 0 Å². The zero-order chi connectivity index (χ0) is 46.4. The van der Waals surface area contributed by atoms with Gasteiger partial charge >= 0.3 is 19.5 Å². The van der Waals surface area contributed by atoms with E-state index in [1.807, 2.05) is 13.8 Å². The lowest BCUT2D eigenvalue weighted by Crippen LogP contribution is -2.19. The molecule has 0 saturated heterocycles. The third-order valence-corrected chi connectivity index (χ3v) is 14.6. The first kappa shape index (κ1) is 60.3. The average Bonchev–Trinajstić information content (AvgIpc) is 3.30. The van der Waals surface area contributed by atoms with E-state index in [1.165, 1.54) is 211 Å². The number of carbonyl (C=O) groups excluding carboxylic acids is 2. The molecule has 0 radical (unpaired) electrons. The van der Waals surface area contributed by atoms with E-state index in [9.17, 15) is 14.2 Å². The lowest BCUT2D eigenvalue weighted by molar-refractivity contribution is 0.0498. The second-order valence-corrected chi connectivity index (χ2v) is 21.0. The van der Waals surface area contributed by atoms with Crippen molar-refractivity contribution in [2.24, 2.45) is 0 Å². The molecular weight excluding hydrogens is 816 g/mol. The maximum absolute atomic E-state index is 14.7. The number of ether oxygens (including phenoxy) is 2. The van der Waals surface area contributed by atoms with Gasteiger partial charge in [-0.3, -0.25) is 4.57 Å². The Kier molecular flexibility index (Phi) is 42.5. The van der Waals surface area contributed by atoms with Crippen LogP contribution in [-0.4, -0.2) is 38.4 Å². The van der Waals surface area contributed by atoms with E-state index in [2.05, 4.69) is 13.8 Å². The van der Waals surface area contributed by atoms with E-state index in [4.69, 9.17) is 18.5 Å². The summed E-state index contributed by atoms with van der Waals surface area (Å²) in [5.74, 6) is -1.12.